The van der Waals surface area contributed by atoms with Crippen LogP contribution in [0.2, 0.25) is 0 Å². The first-order valence-corrected chi connectivity index (χ1v) is 10.5. The lowest BCUT2D eigenvalue weighted by atomic mass is 10.1. The predicted molar refractivity (Wildman–Crippen MR) is 118 cm³/mol. The van der Waals surface area contributed by atoms with Crippen LogP contribution >= 0.6 is 11.3 Å². The topological polar surface area (TPSA) is 111 Å². The third-order valence-electron chi connectivity index (χ3n) is 4.96. The van der Waals surface area contributed by atoms with Crippen LogP contribution in [0.5, 0.6) is 0 Å². The van der Waals surface area contributed by atoms with Gasteiger partial charge < -0.3 is 0 Å². The van der Waals surface area contributed by atoms with Gasteiger partial charge in [-0.15, -0.1) is 11.3 Å². The fourth-order valence-corrected chi connectivity index (χ4v) is 4.22. The number of amides is 2. The largest absolute Gasteiger partial charge is 0.294 e. The molecule has 2 amide bonds. The Morgan fingerprint density at radius 1 is 1.10 bits per heavy atom. The molecule has 0 saturated carbocycles. The molecular formula is C21H20N6O3S. The number of aryl methyl sites for hydroxylation is 2. The Balaban J connectivity index is 1.59. The van der Waals surface area contributed by atoms with Crippen molar-refractivity contribution in [3.63, 3.8) is 0 Å². The van der Waals surface area contributed by atoms with Crippen molar-refractivity contribution in [2.75, 3.05) is 0 Å². The Morgan fingerprint density at radius 3 is 2.48 bits per heavy atom. The van der Waals surface area contributed by atoms with Gasteiger partial charge in [0.15, 0.2) is 10.8 Å². The number of carbonyl (C=O) groups excluding carboxylic acids is 2. The van der Waals surface area contributed by atoms with E-state index in [1.165, 1.54) is 16.0 Å². The number of hydrogen-bond donors (Lipinski definition) is 2. The van der Waals surface area contributed by atoms with Gasteiger partial charge in [-0.05, 0) is 32.9 Å². The second-order valence-corrected chi connectivity index (χ2v) is 7.73. The Bertz CT molecular complexity index is 1350. The molecule has 1 aromatic carbocycles. The average Bonchev–Trinajstić information content (AvgIpc) is 3.39. The number of rotatable bonds is 4. The van der Waals surface area contributed by atoms with Gasteiger partial charge in [-0.1, -0.05) is 18.2 Å². The van der Waals surface area contributed by atoms with E-state index in [1.807, 2.05) is 23.8 Å². The van der Waals surface area contributed by atoms with Crippen molar-refractivity contribution in [3.8, 4) is 5.13 Å². The number of carbonyl (C=O) groups is 2. The summed E-state index contributed by atoms with van der Waals surface area (Å²) in [6, 6.07) is 8.49. The maximum absolute atomic E-state index is 12.8. The molecule has 4 aromatic rings. The summed E-state index contributed by atoms with van der Waals surface area (Å²) in [5.74, 6) is -1.07. The lowest BCUT2D eigenvalue weighted by Crippen LogP contribution is -2.43. The maximum Gasteiger partial charge on any atom is 0.290 e. The first-order chi connectivity index (χ1) is 14.9. The van der Waals surface area contributed by atoms with Gasteiger partial charge in [0.25, 0.3) is 17.4 Å². The number of aromatic nitrogens is 4. The SMILES string of the molecule is CCn1nc(C(=O)NNC(=O)c2cc(C)n(-c3nccs3)c2C)c2ccccc2c1=O. The first kappa shape index (κ1) is 20.5. The highest BCUT2D eigenvalue weighted by Gasteiger charge is 2.20. The van der Waals surface area contributed by atoms with Crippen molar-refractivity contribution in [2.24, 2.45) is 0 Å². The van der Waals surface area contributed by atoms with Gasteiger partial charge in [0.1, 0.15) is 0 Å². The lowest BCUT2D eigenvalue weighted by molar-refractivity contribution is 0.0843. The number of nitrogens with one attached hydrogen (secondary N) is 2. The number of hydrazine groups is 1. The number of thiazole rings is 1. The molecular weight excluding hydrogens is 416 g/mol. The van der Waals surface area contributed by atoms with Crippen molar-refractivity contribution in [1.29, 1.82) is 0 Å². The molecule has 3 aromatic heterocycles. The molecule has 3 heterocycles. The van der Waals surface area contributed by atoms with Gasteiger partial charge in [-0.25, -0.2) is 9.67 Å². The third-order valence-corrected chi connectivity index (χ3v) is 5.71. The number of benzene rings is 1. The van der Waals surface area contributed by atoms with E-state index in [2.05, 4.69) is 20.9 Å². The molecule has 31 heavy (non-hydrogen) atoms. The maximum atomic E-state index is 12.8. The van der Waals surface area contributed by atoms with E-state index in [4.69, 9.17) is 0 Å². The van der Waals surface area contributed by atoms with E-state index in [1.54, 1.807) is 43.5 Å². The third kappa shape index (κ3) is 3.61. The zero-order chi connectivity index (χ0) is 22.1. The number of hydrogen-bond acceptors (Lipinski definition) is 6. The van der Waals surface area contributed by atoms with E-state index in [0.717, 1.165) is 10.8 Å². The van der Waals surface area contributed by atoms with Crippen molar-refractivity contribution in [3.05, 3.63) is 74.9 Å². The standard InChI is InChI=1S/C21H20N6O3S/c1-4-26-20(30)15-8-6-5-7-14(15)17(25-26)19(29)24-23-18(28)16-11-12(2)27(13(16)3)21-22-9-10-31-21/h5-11H,4H2,1-3H3,(H,23,28)(H,24,29). The molecule has 0 spiro atoms. The van der Waals surface area contributed by atoms with Crippen LogP contribution in [-0.2, 0) is 6.54 Å². The van der Waals surface area contributed by atoms with Crippen LogP contribution in [0.25, 0.3) is 15.9 Å². The molecule has 0 radical (unpaired) electrons. The van der Waals surface area contributed by atoms with E-state index < -0.39 is 11.8 Å². The molecule has 0 bridgehead atoms. The highest BCUT2D eigenvalue weighted by atomic mass is 32.1. The molecule has 9 nitrogen and oxygen atoms in total. The molecule has 0 aliphatic heterocycles. The summed E-state index contributed by atoms with van der Waals surface area (Å²) in [7, 11) is 0. The monoisotopic (exact) mass is 436 g/mol. The summed E-state index contributed by atoms with van der Waals surface area (Å²) < 4.78 is 3.11. The second kappa shape index (κ2) is 8.15. The molecule has 10 heteroatoms. The van der Waals surface area contributed by atoms with Crippen molar-refractivity contribution < 1.29 is 9.59 Å². The van der Waals surface area contributed by atoms with Gasteiger partial charge in [-0.2, -0.15) is 5.10 Å². The zero-order valence-electron chi connectivity index (χ0n) is 17.2. The normalized spacial score (nSPS) is 10.9. The molecule has 0 aliphatic rings. The van der Waals surface area contributed by atoms with Crippen LogP contribution < -0.4 is 16.4 Å². The Kier molecular flexibility index (Phi) is 5.38. The number of fused-ring (bicyclic) bond motifs is 1. The molecule has 0 atom stereocenters. The van der Waals surface area contributed by atoms with Crippen LogP contribution in [-0.4, -0.2) is 31.1 Å². The van der Waals surface area contributed by atoms with Gasteiger partial charge in [0.05, 0.1) is 10.9 Å². The van der Waals surface area contributed by atoms with E-state index in [9.17, 15) is 14.4 Å². The average molecular weight is 436 g/mol. The van der Waals surface area contributed by atoms with Gasteiger partial charge in [0.2, 0.25) is 0 Å². The van der Waals surface area contributed by atoms with E-state index in [0.29, 0.717) is 28.6 Å². The highest BCUT2D eigenvalue weighted by Crippen LogP contribution is 2.22. The number of nitrogens with zero attached hydrogens (tertiary/aromatic N) is 4. The first-order valence-electron chi connectivity index (χ1n) is 9.61. The Labute approximate surface area is 181 Å². The minimum atomic E-state index is -0.611. The van der Waals surface area contributed by atoms with E-state index >= 15 is 0 Å². The highest BCUT2D eigenvalue weighted by molar-refractivity contribution is 7.12. The van der Waals surface area contributed by atoms with Crippen LogP contribution in [0.4, 0.5) is 0 Å². The van der Waals surface area contributed by atoms with Crippen LogP contribution in [0.3, 0.4) is 0 Å². The van der Waals surface area contributed by atoms with Crippen molar-refractivity contribution >= 4 is 33.9 Å². The van der Waals surface area contributed by atoms with Crippen molar-refractivity contribution in [2.45, 2.75) is 27.3 Å². The molecule has 158 valence electrons. The summed E-state index contributed by atoms with van der Waals surface area (Å²) >= 11 is 1.46. The minimum Gasteiger partial charge on any atom is -0.294 e. The molecule has 4 rings (SSSR count). The van der Waals surface area contributed by atoms with Crippen LogP contribution in [0.15, 0.2) is 46.7 Å². The predicted octanol–water partition coefficient (Wildman–Crippen LogP) is 2.36. The molecule has 0 fully saturated rings. The van der Waals surface area contributed by atoms with Gasteiger partial charge in [-0.3, -0.25) is 29.8 Å². The van der Waals surface area contributed by atoms with Gasteiger partial charge >= 0.3 is 0 Å². The fourth-order valence-electron chi connectivity index (χ4n) is 3.47. The lowest BCUT2D eigenvalue weighted by Gasteiger charge is -2.11. The molecule has 2 N–H and O–H groups in total. The van der Waals surface area contributed by atoms with Gasteiger partial charge in [0, 0.05) is 34.9 Å². The van der Waals surface area contributed by atoms with Crippen LogP contribution in [0, 0.1) is 13.8 Å². The summed E-state index contributed by atoms with van der Waals surface area (Å²) in [6.07, 6.45) is 1.70. The minimum absolute atomic E-state index is 0.0607. The Morgan fingerprint density at radius 2 is 1.81 bits per heavy atom. The smallest absolute Gasteiger partial charge is 0.290 e. The Hall–Kier alpha value is -3.79. The summed E-state index contributed by atoms with van der Waals surface area (Å²) in [5.41, 5.74) is 6.63. The summed E-state index contributed by atoms with van der Waals surface area (Å²) in [4.78, 5) is 42.3. The summed E-state index contributed by atoms with van der Waals surface area (Å²) in [6.45, 7) is 5.79. The molecule has 0 saturated heterocycles. The quantitative estimate of drug-likeness (QED) is 0.477. The second-order valence-electron chi connectivity index (χ2n) is 6.86. The van der Waals surface area contributed by atoms with E-state index in [-0.39, 0.29) is 11.3 Å². The molecule has 0 unspecified atom stereocenters. The van der Waals surface area contributed by atoms with Crippen molar-refractivity contribution in [1.82, 2.24) is 30.2 Å². The fraction of sp³-hybridized carbons (Fsp3) is 0.190. The van der Waals surface area contributed by atoms with Crippen LogP contribution in [0.1, 0.15) is 39.2 Å². The molecule has 0 aliphatic carbocycles. The summed E-state index contributed by atoms with van der Waals surface area (Å²) in [5, 5.41) is 7.60. The zero-order valence-corrected chi connectivity index (χ0v) is 18.0.